The number of aliphatic hydroxyl groups excluding tert-OH is 4. The van der Waals surface area contributed by atoms with E-state index in [0.717, 1.165) is 6.92 Å². The van der Waals surface area contributed by atoms with Gasteiger partial charge in [-0.1, -0.05) is 0 Å². The van der Waals surface area contributed by atoms with Crippen LogP contribution in [-0.4, -0.2) is 62.3 Å². The zero-order valence-electron chi connectivity index (χ0n) is 7.16. The molecule has 1 aliphatic rings. The number of hydrogen-bond donors (Lipinski definition) is 5. The first-order chi connectivity index (χ1) is 5.90. The van der Waals surface area contributed by atoms with Gasteiger partial charge in [0, 0.05) is 0 Å². The van der Waals surface area contributed by atoms with Crippen molar-refractivity contribution in [3.05, 3.63) is 0 Å². The molecule has 0 aromatic rings. The van der Waals surface area contributed by atoms with Crippen molar-refractivity contribution in [1.82, 2.24) is 0 Å². The first kappa shape index (κ1) is 10.8. The number of aliphatic hydroxyl groups is 5. The van der Waals surface area contributed by atoms with E-state index < -0.39 is 36.8 Å². The Kier molecular flexibility index (Phi) is 2.91. The highest BCUT2D eigenvalue weighted by molar-refractivity contribution is 4.93. The summed E-state index contributed by atoms with van der Waals surface area (Å²) in [4.78, 5) is 0. The average Bonchev–Trinajstić information content (AvgIpc) is 2.08. The fourth-order valence-electron chi connectivity index (χ4n) is 1.31. The molecule has 1 aliphatic heterocycles. The standard InChI is InChI=1S/C7H14O6/c1-7(12)6(11)5(10)4(9)3(2-8)13-7/h3-6,8-12H,2H2,1H3/t3-,4+,5+,6-,7+/m0/s1. The van der Waals surface area contributed by atoms with E-state index in [-0.39, 0.29) is 0 Å². The lowest BCUT2D eigenvalue weighted by atomic mass is 9.94. The second-order valence-electron chi connectivity index (χ2n) is 3.32. The summed E-state index contributed by atoms with van der Waals surface area (Å²) in [6.45, 7) is 0.608. The van der Waals surface area contributed by atoms with E-state index in [1.165, 1.54) is 0 Å². The maximum Gasteiger partial charge on any atom is 0.192 e. The Morgan fingerprint density at radius 2 is 1.77 bits per heavy atom. The van der Waals surface area contributed by atoms with E-state index in [1.807, 2.05) is 0 Å². The fraction of sp³-hybridized carbons (Fsp3) is 1.00. The van der Waals surface area contributed by atoms with Crippen molar-refractivity contribution < 1.29 is 30.3 Å². The summed E-state index contributed by atoms with van der Waals surface area (Å²) in [7, 11) is 0. The van der Waals surface area contributed by atoms with Gasteiger partial charge in [-0.25, -0.2) is 0 Å². The summed E-state index contributed by atoms with van der Waals surface area (Å²) < 4.78 is 4.76. The van der Waals surface area contributed by atoms with Crippen molar-refractivity contribution in [2.24, 2.45) is 0 Å². The molecule has 0 aromatic heterocycles. The van der Waals surface area contributed by atoms with Gasteiger partial charge in [0.1, 0.15) is 24.4 Å². The molecular weight excluding hydrogens is 180 g/mol. The molecule has 0 aliphatic carbocycles. The topological polar surface area (TPSA) is 110 Å². The van der Waals surface area contributed by atoms with Crippen molar-refractivity contribution in [2.45, 2.75) is 37.1 Å². The van der Waals surface area contributed by atoms with E-state index in [0.29, 0.717) is 0 Å². The lowest BCUT2D eigenvalue weighted by molar-refractivity contribution is -0.341. The van der Waals surface area contributed by atoms with Gasteiger partial charge < -0.3 is 30.3 Å². The van der Waals surface area contributed by atoms with E-state index >= 15 is 0 Å². The van der Waals surface area contributed by atoms with Gasteiger partial charge in [0.05, 0.1) is 6.61 Å². The average molecular weight is 194 g/mol. The highest BCUT2D eigenvalue weighted by Crippen LogP contribution is 2.27. The van der Waals surface area contributed by atoms with Crippen molar-refractivity contribution >= 4 is 0 Å². The van der Waals surface area contributed by atoms with Crippen LogP contribution in [0, 0.1) is 0 Å². The van der Waals surface area contributed by atoms with Gasteiger partial charge in [0.2, 0.25) is 0 Å². The van der Waals surface area contributed by atoms with Crippen molar-refractivity contribution in [2.75, 3.05) is 6.61 Å². The van der Waals surface area contributed by atoms with E-state index in [2.05, 4.69) is 0 Å². The molecule has 6 nitrogen and oxygen atoms in total. The molecule has 78 valence electrons. The minimum absolute atomic E-state index is 0.541. The molecule has 0 radical (unpaired) electrons. The third-order valence-corrected chi connectivity index (χ3v) is 2.17. The highest BCUT2D eigenvalue weighted by Gasteiger charge is 2.49. The second-order valence-corrected chi connectivity index (χ2v) is 3.32. The molecule has 0 bridgehead atoms. The summed E-state index contributed by atoms with van der Waals surface area (Å²) in [5, 5.41) is 45.8. The molecule has 1 saturated heterocycles. The fourth-order valence-corrected chi connectivity index (χ4v) is 1.31. The Balaban J connectivity index is 2.79. The summed E-state index contributed by atoms with van der Waals surface area (Å²) >= 11 is 0. The first-order valence-corrected chi connectivity index (χ1v) is 3.95. The van der Waals surface area contributed by atoms with Gasteiger partial charge in [-0.15, -0.1) is 0 Å². The van der Waals surface area contributed by atoms with Gasteiger partial charge in [0.15, 0.2) is 5.79 Å². The lowest BCUT2D eigenvalue weighted by Gasteiger charge is -2.43. The Morgan fingerprint density at radius 1 is 1.23 bits per heavy atom. The van der Waals surface area contributed by atoms with Crippen LogP contribution in [0.2, 0.25) is 0 Å². The predicted octanol–water partition coefficient (Wildman–Crippen LogP) is -2.83. The molecule has 0 spiro atoms. The van der Waals surface area contributed by atoms with Crippen molar-refractivity contribution in [3.8, 4) is 0 Å². The monoisotopic (exact) mass is 194 g/mol. The van der Waals surface area contributed by atoms with Crippen molar-refractivity contribution in [3.63, 3.8) is 0 Å². The summed E-state index contributed by atoms with van der Waals surface area (Å²) in [6, 6.07) is 0. The molecule has 1 rings (SSSR count). The van der Waals surface area contributed by atoms with E-state index in [4.69, 9.17) is 9.84 Å². The zero-order valence-corrected chi connectivity index (χ0v) is 7.16. The van der Waals surface area contributed by atoms with Gasteiger partial charge in [-0.05, 0) is 6.92 Å². The van der Waals surface area contributed by atoms with Gasteiger partial charge in [0.25, 0.3) is 0 Å². The molecule has 0 saturated carbocycles. The SMILES string of the molecule is C[C@@]1(O)O[C@@H](CO)[C@@H](O)[C@@H](O)[C@@H]1O. The molecule has 1 heterocycles. The molecule has 0 aromatic carbocycles. The second kappa shape index (κ2) is 3.49. The highest BCUT2D eigenvalue weighted by atomic mass is 16.7. The molecule has 13 heavy (non-hydrogen) atoms. The minimum Gasteiger partial charge on any atom is -0.394 e. The van der Waals surface area contributed by atoms with Crippen LogP contribution in [0.5, 0.6) is 0 Å². The molecule has 5 N–H and O–H groups in total. The molecule has 1 fully saturated rings. The lowest BCUT2D eigenvalue weighted by Crippen LogP contribution is -2.63. The maximum atomic E-state index is 9.38. The Bertz CT molecular complexity index is 180. The number of ether oxygens (including phenoxy) is 1. The van der Waals surface area contributed by atoms with Gasteiger partial charge in [-0.2, -0.15) is 0 Å². The summed E-state index contributed by atoms with van der Waals surface area (Å²) in [6.07, 6.45) is -5.61. The van der Waals surface area contributed by atoms with Crippen LogP contribution in [0.25, 0.3) is 0 Å². The maximum absolute atomic E-state index is 9.38. The van der Waals surface area contributed by atoms with Crippen LogP contribution >= 0.6 is 0 Å². The van der Waals surface area contributed by atoms with Crippen molar-refractivity contribution in [1.29, 1.82) is 0 Å². The van der Waals surface area contributed by atoms with Crippen LogP contribution < -0.4 is 0 Å². The third-order valence-electron chi connectivity index (χ3n) is 2.17. The van der Waals surface area contributed by atoms with E-state index in [9.17, 15) is 20.4 Å². The Labute approximate surface area is 75.0 Å². The molecular formula is C7H14O6. The van der Waals surface area contributed by atoms with E-state index in [1.54, 1.807) is 0 Å². The van der Waals surface area contributed by atoms with Gasteiger partial charge >= 0.3 is 0 Å². The third kappa shape index (κ3) is 1.83. The minimum atomic E-state index is -1.95. The summed E-state index contributed by atoms with van der Waals surface area (Å²) in [5.74, 6) is -1.95. The number of hydrogen-bond acceptors (Lipinski definition) is 6. The van der Waals surface area contributed by atoms with Crippen LogP contribution in [-0.2, 0) is 4.74 Å². The van der Waals surface area contributed by atoms with Crippen LogP contribution in [0.3, 0.4) is 0 Å². The molecule has 5 atom stereocenters. The normalized spacial score (nSPS) is 52.2. The predicted molar refractivity (Wildman–Crippen MR) is 40.6 cm³/mol. The Morgan fingerprint density at radius 3 is 2.23 bits per heavy atom. The molecule has 0 amide bonds. The largest absolute Gasteiger partial charge is 0.394 e. The van der Waals surface area contributed by atoms with Crippen LogP contribution in [0.15, 0.2) is 0 Å². The first-order valence-electron chi connectivity index (χ1n) is 3.95. The molecule has 0 unspecified atom stereocenters. The van der Waals surface area contributed by atoms with Gasteiger partial charge in [-0.3, -0.25) is 0 Å². The smallest absolute Gasteiger partial charge is 0.192 e. The number of rotatable bonds is 1. The Hall–Kier alpha value is -0.240. The zero-order chi connectivity index (χ0) is 10.2. The summed E-state index contributed by atoms with van der Waals surface area (Å²) in [5.41, 5.74) is 0. The molecule has 6 heteroatoms. The quantitative estimate of drug-likeness (QED) is 0.308. The van der Waals surface area contributed by atoms with Crippen LogP contribution in [0.4, 0.5) is 0 Å². The van der Waals surface area contributed by atoms with Crippen LogP contribution in [0.1, 0.15) is 6.92 Å².